The van der Waals surface area contributed by atoms with Crippen LogP contribution in [0.2, 0.25) is 0 Å². The van der Waals surface area contributed by atoms with Crippen LogP contribution in [0.4, 0.5) is 0 Å². The molecule has 0 spiro atoms. The molecule has 0 heterocycles. The second-order valence-electron chi connectivity index (χ2n) is 5.15. The molecule has 0 saturated carbocycles. The molecule has 1 rings (SSSR count). The third-order valence-corrected chi connectivity index (χ3v) is 3.35. The average molecular weight is 285 g/mol. The largest absolute Gasteiger partial charge is 0.459 e. The standard InChI is InChI=1S/C13H19NO4S/c1-13(2,3)18-12(15)9-14-19(16,17)10-11-7-5-4-6-8-11/h4-8,14H,9-10H2,1-3H3. The highest BCUT2D eigenvalue weighted by atomic mass is 32.2. The molecule has 6 heteroatoms. The molecule has 0 saturated heterocycles. The van der Waals surface area contributed by atoms with Crippen molar-refractivity contribution in [3.63, 3.8) is 0 Å². The highest BCUT2D eigenvalue weighted by Gasteiger charge is 2.18. The number of nitrogens with one attached hydrogen (secondary N) is 1. The Bertz CT molecular complexity index is 517. The van der Waals surface area contributed by atoms with Crippen molar-refractivity contribution in [3.05, 3.63) is 35.9 Å². The van der Waals surface area contributed by atoms with Crippen LogP contribution in [0.5, 0.6) is 0 Å². The summed E-state index contributed by atoms with van der Waals surface area (Å²) in [5.41, 5.74) is 0.0429. The molecule has 0 radical (unpaired) electrons. The van der Waals surface area contributed by atoms with Gasteiger partial charge in [0.15, 0.2) is 0 Å². The number of esters is 1. The summed E-state index contributed by atoms with van der Waals surface area (Å²) >= 11 is 0. The zero-order chi connectivity index (χ0) is 14.5. The highest BCUT2D eigenvalue weighted by molar-refractivity contribution is 7.88. The Kier molecular flexibility index (Phi) is 5.08. The number of hydrogen-bond acceptors (Lipinski definition) is 4. The minimum absolute atomic E-state index is 0.156. The molecule has 1 aromatic carbocycles. The lowest BCUT2D eigenvalue weighted by atomic mass is 10.2. The van der Waals surface area contributed by atoms with Gasteiger partial charge in [0.05, 0.1) is 5.75 Å². The van der Waals surface area contributed by atoms with E-state index in [0.29, 0.717) is 5.56 Å². The molecule has 0 aliphatic rings. The van der Waals surface area contributed by atoms with Gasteiger partial charge in [-0.1, -0.05) is 30.3 Å². The molecule has 0 aromatic heterocycles. The monoisotopic (exact) mass is 285 g/mol. The predicted octanol–water partition coefficient (Wildman–Crippen LogP) is 1.45. The number of rotatable bonds is 5. The van der Waals surface area contributed by atoms with Crippen molar-refractivity contribution in [1.82, 2.24) is 4.72 Å². The Labute approximate surface area is 114 Å². The fraction of sp³-hybridized carbons (Fsp3) is 0.462. The van der Waals surface area contributed by atoms with Gasteiger partial charge >= 0.3 is 5.97 Å². The van der Waals surface area contributed by atoms with Crippen LogP contribution in [-0.2, 0) is 25.3 Å². The van der Waals surface area contributed by atoms with E-state index in [-0.39, 0.29) is 12.3 Å². The third kappa shape index (κ3) is 6.93. The molecule has 0 unspecified atom stereocenters. The van der Waals surface area contributed by atoms with Crippen LogP contribution in [0.25, 0.3) is 0 Å². The van der Waals surface area contributed by atoms with Crippen molar-refractivity contribution in [1.29, 1.82) is 0 Å². The van der Waals surface area contributed by atoms with Crippen molar-refractivity contribution < 1.29 is 17.9 Å². The van der Waals surface area contributed by atoms with Gasteiger partial charge < -0.3 is 4.74 Å². The molecule has 19 heavy (non-hydrogen) atoms. The van der Waals surface area contributed by atoms with Gasteiger partial charge in [-0.15, -0.1) is 0 Å². The predicted molar refractivity (Wildman–Crippen MR) is 72.9 cm³/mol. The van der Waals surface area contributed by atoms with Gasteiger partial charge in [0.1, 0.15) is 12.1 Å². The molecule has 5 nitrogen and oxygen atoms in total. The van der Waals surface area contributed by atoms with E-state index in [0.717, 1.165) is 0 Å². The van der Waals surface area contributed by atoms with Crippen molar-refractivity contribution in [3.8, 4) is 0 Å². The van der Waals surface area contributed by atoms with Crippen molar-refractivity contribution in [2.75, 3.05) is 6.54 Å². The maximum Gasteiger partial charge on any atom is 0.321 e. The zero-order valence-corrected chi connectivity index (χ0v) is 12.2. The number of benzene rings is 1. The van der Waals surface area contributed by atoms with Crippen molar-refractivity contribution in [2.24, 2.45) is 0 Å². The first kappa shape index (κ1) is 15.7. The molecule has 1 N–H and O–H groups in total. The van der Waals surface area contributed by atoms with E-state index in [1.165, 1.54) is 0 Å². The van der Waals surface area contributed by atoms with Crippen LogP contribution in [0.1, 0.15) is 26.3 Å². The minimum atomic E-state index is -3.54. The zero-order valence-electron chi connectivity index (χ0n) is 11.3. The first-order valence-electron chi connectivity index (χ1n) is 5.91. The number of hydrogen-bond donors (Lipinski definition) is 1. The summed E-state index contributed by atoms with van der Waals surface area (Å²) < 4.78 is 30.7. The Morgan fingerprint density at radius 1 is 1.21 bits per heavy atom. The van der Waals surface area contributed by atoms with E-state index in [1.807, 2.05) is 6.07 Å². The summed E-state index contributed by atoms with van der Waals surface area (Å²) in [4.78, 5) is 11.4. The smallest absolute Gasteiger partial charge is 0.321 e. The second-order valence-corrected chi connectivity index (χ2v) is 6.96. The lowest BCUT2D eigenvalue weighted by molar-refractivity contribution is -0.153. The summed E-state index contributed by atoms with van der Waals surface area (Å²) in [5, 5.41) is 0. The van der Waals surface area contributed by atoms with E-state index >= 15 is 0 Å². The van der Waals surface area contributed by atoms with E-state index in [4.69, 9.17) is 4.74 Å². The van der Waals surface area contributed by atoms with E-state index in [2.05, 4.69) is 4.72 Å². The van der Waals surface area contributed by atoms with Gasteiger partial charge in [-0.2, -0.15) is 0 Å². The molecule has 1 aromatic rings. The minimum Gasteiger partial charge on any atom is -0.459 e. The third-order valence-electron chi connectivity index (χ3n) is 2.06. The number of carbonyl (C=O) groups is 1. The second kappa shape index (κ2) is 6.16. The van der Waals surface area contributed by atoms with Crippen LogP contribution in [0.15, 0.2) is 30.3 Å². The van der Waals surface area contributed by atoms with Crippen molar-refractivity contribution in [2.45, 2.75) is 32.1 Å². The van der Waals surface area contributed by atoms with Crippen molar-refractivity contribution >= 4 is 16.0 Å². The number of carbonyl (C=O) groups excluding carboxylic acids is 1. The molecular formula is C13H19NO4S. The summed E-state index contributed by atoms with van der Waals surface area (Å²) in [6.45, 7) is 4.82. The van der Waals surface area contributed by atoms with Gasteiger partial charge in [0, 0.05) is 0 Å². The van der Waals surface area contributed by atoms with E-state index < -0.39 is 21.6 Å². The van der Waals surface area contributed by atoms with Crippen LogP contribution in [0.3, 0.4) is 0 Å². The molecule has 0 fully saturated rings. The Morgan fingerprint density at radius 2 is 1.79 bits per heavy atom. The fourth-order valence-electron chi connectivity index (χ4n) is 1.39. The van der Waals surface area contributed by atoms with Gasteiger partial charge in [0.25, 0.3) is 0 Å². The van der Waals surface area contributed by atoms with E-state index in [9.17, 15) is 13.2 Å². The normalized spacial score (nSPS) is 12.2. The Hall–Kier alpha value is -1.40. The molecule has 0 amide bonds. The highest BCUT2D eigenvalue weighted by Crippen LogP contribution is 2.07. The van der Waals surface area contributed by atoms with Crippen LogP contribution >= 0.6 is 0 Å². The lowest BCUT2D eigenvalue weighted by Gasteiger charge is -2.19. The van der Waals surface area contributed by atoms with Gasteiger partial charge in [-0.05, 0) is 26.3 Å². The maximum absolute atomic E-state index is 11.8. The first-order chi connectivity index (χ1) is 8.68. The average Bonchev–Trinajstić information content (AvgIpc) is 2.25. The maximum atomic E-state index is 11.8. The van der Waals surface area contributed by atoms with Crippen LogP contribution in [-0.4, -0.2) is 26.5 Å². The van der Waals surface area contributed by atoms with Crippen LogP contribution < -0.4 is 4.72 Å². The number of ether oxygens (including phenoxy) is 1. The summed E-state index contributed by atoms with van der Waals surface area (Å²) in [5.74, 6) is -0.750. The molecular weight excluding hydrogens is 266 g/mol. The summed E-state index contributed by atoms with van der Waals surface area (Å²) in [7, 11) is -3.54. The first-order valence-corrected chi connectivity index (χ1v) is 7.56. The fourth-order valence-corrected chi connectivity index (χ4v) is 2.46. The molecule has 106 valence electrons. The summed E-state index contributed by atoms with van der Waals surface area (Å²) in [6, 6.07) is 8.76. The van der Waals surface area contributed by atoms with E-state index in [1.54, 1.807) is 45.0 Å². The number of sulfonamides is 1. The SMILES string of the molecule is CC(C)(C)OC(=O)CNS(=O)(=O)Cc1ccccc1. The van der Waals surface area contributed by atoms with Gasteiger partial charge in [-0.25, -0.2) is 13.1 Å². The van der Waals surface area contributed by atoms with Crippen LogP contribution in [0, 0.1) is 0 Å². The molecule has 0 aliphatic carbocycles. The molecule has 0 bridgehead atoms. The van der Waals surface area contributed by atoms with Gasteiger partial charge in [-0.3, -0.25) is 4.79 Å². The van der Waals surface area contributed by atoms with Gasteiger partial charge in [0.2, 0.25) is 10.0 Å². The molecule has 0 aliphatic heterocycles. The molecule has 0 atom stereocenters. The quantitative estimate of drug-likeness (QED) is 0.831. The summed E-state index contributed by atoms with van der Waals surface area (Å²) in [6.07, 6.45) is 0. The lowest BCUT2D eigenvalue weighted by Crippen LogP contribution is -2.35. The topological polar surface area (TPSA) is 72.5 Å². The Morgan fingerprint density at radius 3 is 2.32 bits per heavy atom. The Balaban J connectivity index is 2.50.